The maximum absolute atomic E-state index is 12.6. The minimum atomic E-state index is -0.532. The zero-order valence-corrected chi connectivity index (χ0v) is 16.1. The number of rotatable bonds is 4. The van der Waals surface area contributed by atoms with Crippen molar-refractivity contribution >= 4 is 12.1 Å². The summed E-state index contributed by atoms with van der Waals surface area (Å²) in [5.74, 6) is 0. The second kappa shape index (κ2) is 8.89. The lowest BCUT2D eigenvalue weighted by molar-refractivity contribution is 0.0527. The summed E-state index contributed by atoms with van der Waals surface area (Å²) >= 11 is 0. The number of piperazine rings is 1. The number of nitrogens with zero attached hydrogens (tertiary/aromatic N) is 2. The third kappa shape index (κ3) is 6.22. The molecule has 0 aliphatic carbocycles. The zero-order chi connectivity index (χ0) is 19.2. The number of carbonyl (C=O) groups excluding carboxylic acids is 2. The summed E-state index contributed by atoms with van der Waals surface area (Å²) in [5, 5.41) is 5.53. The van der Waals surface area contributed by atoms with Gasteiger partial charge in [0.2, 0.25) is 0 Å². The molecule has 1 aromatic carbocycles. The zero-order valence-electron chi connectivity index (χ0n) is 16.1. The highest BCUT2D eigenvalue weighted by atomic mass is 16.6. The quantitative estimate of drug-likeness (QED) is 0.806. The number of hydrogen-bond acceptors (Lipinski definition) is 4. The molecule has 1 aliphatic heterocycles. The lowest BCUT2D eigenvalue weighted by Crippen LogP contribution is -2.53. The molecule has 144 valence electrons. The Kier molecular flexibility index (Phi) is 6.85. The van der Waals surface area contributed by atoms with Gasteiger partial charge in [-0.25, -0.2) is 9.59 Å². The Morgan fingerprint density at radius 3 is 2.42 bits per heavy atom. The molecule has 1 aliphatic rings. The lowest BCUT2D eigenvalue weighted by Gasteiger charge is -2.40. The Morgan fingerprint density at radius 1 is 1.12 bits per heavy atom. The van der Waals surface area contributed by atoms with Gasteiger partial charge in [-0.2, -0.15) is 0 Å². The third-order valence-electron chi connectivity index (χ3n) is 4.10. The van der Waals surface area contributed by atoms with Crippen LogP contribution in [0.1, 0.15) is 32.4 Å². The van der Waals surface area contributed by atoms with E-state index in [1.807, 2.05) is 56.0 Å². The van der Waals surface area contributed by atoms with E-state index in [1.54, 1.807) is 0 Å². The van der Waals surface area contributed by atoms with Crippen LogP contribution in [-0.4, -0.2) is 67.3 Å². The molecule has 26 heavy (non-hydrogen) atoms. The maximum Gasteiger partial charge on any atom is 0.407 e. The van der Waals surface area contributed by atoms with Gasteiger partial charge >= 0.3 is 12.1 Å². The van der Waals surface area contributed by atoms with Crippen molar-refractivity contribution in [3.8, 4) is 0 Å². The van der Waals surface area contributed by atoms with Crippen LogP contribution in [0.25, 0.3) is 0 Å². The number of carbonyl (C=O) groups is 2. The van der Waals surface area contributed by atoms with Crippen molar-refractivity contribution in [1.82, 2.24) is 20.4 Å². The summed E-state index contributed by atoms with van der Waals surface area (Å²) in [6.45, 7) is 8.42. The smallest absolute Gasteiger partial charge is 0.407 e. The first-order chi connectivity index (χ1) is 12.3. The Morgan fingerprint density at radius 2 is 1.77 bits per heavy atom. The first-order valence-corrected chi connectivity index (χ1v) is 9.01. The molecule has 0 radical (unpaired) electrons. The largest absolute Gasteiger partial charge is 0.444 e. The van der Waals surface area contributed by atoms with Crippen molar-refractivity contribution in [2.45, 2.75) is 32.4 Å². The van der Waals surface area contributed by atoms with Crippen LogP contribution < -0.4 is 10.6 Å². The fourth-order valence-corrected chi connectivity index (χ4v) is 2.87. The van der Waals surface area contributed by atoms with Gasteiger partial charge in [-0.05, 0) is 33.4 Å². The van der Waals surface area contributed by atoms with Crippen LogP contribution in [0.3, 0.4) is 0 Å². The topological polar surface area (TPSA) is 73.9 Å². The molecule has 0 aromatic heterocycles. The van der Waals surface area contributed by atoms with E-state index in [1.165, 1.54) is 0 Å². The van der Waals surface area contributed by atoms with Crippen molar-refractivity contribution in [2.75, 3.05) is 39.8 Å². The number of amides is 3. The number of benzene rings is 1. The molecule has 7 nitrogen and oxygen atoms in total. The van der Waals surface area contributed by atoms with E-state index < -0.39 is 11.7 Å². The predicted molar refractivity (Wildman–Crippen MR) is 101 cm³/mol. The summed E-state index contributed by atoms with van der Waals surface area (Å²) < 4.78 is 5.17. The third-order valence-corrected chi connectivity index (χ3v) is 4.10. The Labute approximate surface area is 155 Å². The number of ether oxygens (including phenoxy) is 1. The van der Waals surface area contributed by atoms with Gasteiger partial charge in [0.15, 0.2) is 0 Å². The van der Waals surface area contributed by atoms with Crippen LogP contribution in [0.15, 0.2) is 30.3 Å². The van der Waals surface area contributed by atoms with Crippen LogP contribution >= 0.6 is 0 Å². The summed E-state index contributed by atoms with van der Waals surface area (Å²) in [4.78, 5) is 28.3. The van der Waals surface area contributed by atoms with E-state index in [-0.39, 0.29) is 12.1 Å². The molecule has 2 N–H and O–H groups in total. The fourth-order valence-electron chi connectivity index (χ4n) is 2.87. The molecule has 1 atom stereocenters. The minimum absolute atomic E-state index is 0.0220. The van der Waals surface area contributed by atoms with E-state index in [9.17, 15) is 9.59 Å². The van der Waals surface area contributed by atoms with Gasteiger partial charge in [-0.1, -0.05) is 30.3 Å². The fraction of sp³-hybridized carbons (Fsp3) is 0.579. The van der Waals surface area contributed by atoms with Crippen molar-refractivity contribution < 1.29 is 14.3 Å². The summed E-state index contributed by atoms with van der Waals surface area (Å²) in [6.07, 6.45) is -0.478. The van der Waals surface area contributed by atoms with E-state index in [2.05, 4.69) is 22.6 Å². The number of nitrogens with one attached hydrogen (secondary N) is 2. The summed E-state index contributed by atoms with van der Waals surface area (Å²) in [5.41, 5.74) is 0.594. The molecule has 2 rings (SSSR count). The predicted octanol–water partition coefficient (Wildman–Crippen LogP) is 2.21. The van der Waals surface area contributed by atoms with Crippen molar-refractivity contribution in [1.29, 1.82) is 0 Å². The molecule has 0 saturated carbocycles. The number of urea groups is 1. The lowest BCUT2D eigenvalue weighted by atomic mass is 10.0. The van der Waals surface area contributed by atoms with Crippen LogP contribution in [0.4, 0.5) is 9.59 Å². The van der Waals surface area contributed by atoms with Crippen molar-refractivity contribution in [2.24, 2.45) is 0 Å². The molecular formula is C19H30N4O3. The van der Waals surface area contributed by atoms with Crippen LogP contribution in [-0.2, 0) is 4.74 Å². The molecule has 0 spiro atoms. The highest BCUT2D eigenvalue weighted by Crippen LogP contribution is 2.24. The normalized spacial score (nSPS) is 18.3. The summed E-state index contributed by atoms with van der Waals surface area (Å²) in [6, 6.07) is 9.97. The summed E-state index contributed by atoms with van der Waals surface area (Å²) in [7, 11) is 2.07. The second-order valence-electron chi connectivity index (χ2n) is 7.54. The molecule has 3 amide bonds. The standard InChI is InChI=1S/C19H30N4O3/c1-19(2,3)26-18(25)21-11-10-20-17(24)23-13-12-22(4)14-16(23)15-8-6-5-7-9-15/h5-9,16H,10-14H2,1-4H3,(H,20,24)(H,21,25). The SMILES string of the molecule is CN1CCN(C(=O)NCCNC(=O)OC(C)(C)C)C(c2ccccc2)C1. The van der Waals surface area contributed by atoms with Crippen LogP contribution in [0.2, 0.25) is 0 Å². The van der Waals surface area contributed by atoms with Crippen LogP contribution in [0.5, 0.6) is 0 Å². The average molecular weight is 362 g/mol. The second-order valence-corrected chi connectivity index (χ2v) is 7.54. The number of likely N-dealkylation sites (N-methyl/N-ethyl adjacent to an activating group) is 1. The van der Waals surface area contributed by atoms with Crippen molar-refractivity contribution in [3.63, 3.8) is 0 Å². The number of alkyl carbamates (subject to hydrolysis) is 1. The van der Waals surface area contributed by atoms with Gasteiger partial charge in [0.05, 0.1) is 6.04 Å². The molecule has 1 saturated heterocycles. The first kappa shape index (κ1) is 20.0. The average Bonchev–Trinajstić information content (AvgIpc) is 2.57. The van der Waals surface area contributed by atoms with Crippen LogP contribution in [0, 0.1) is 0 Å². The van der Waals surface area contributed by atoms with Gasteiger partial charge in [-0.3, -0.25) is 0 Å². The molecular weight excluding hydrogens is 332 g/mol. The van der Waals surface area contributed by atoms with E-state index in [0.717, 1.165) is 18.7 Å². The van der Waals surface area contributed by atoms with Gasteiger partial charge in [0, 0.05) is 32.7 Å². The molecule has 1 aromatic rings. The Bertz CT molecular complexity index is 601. The van der Waals surface area contributed by atoms with Gasteiger partial charge in [0.1, 0.15) is 5.60 Å². The minimum Gasteiger partial charge on any atom is -0.444 e. The molecule has 1 fully saturated rings. The highest BCUT2D eigenvalue weighted by molar-refractivity contribution is 5.75. The number of hydrogen-bond donors (Lipinski definition) is 2. The Hall–Kier alpha value is -2.28. The van der Waals surface area contributed by atoms with Crippen molar-refractivity contribution in [3.05, 3.63) is 35.9 Å². The van der Waals surface area contributed by atoms with Gasteiger partial charge in [0.25, 0.3) is 0 Å². The van der Waals surface area contributed by atoms with E-state index in [4.69, 9.17) is 4.74 Å². The van der Waals surface area contributed by atoms with E-state index >= 15 is 0 Å². The van der Waals surface area contributed by atoms with Gasteiger partial charge in [-0.15, -0.1) is 0 Å². The van der Waals surface area contributed by atoms with Gasteiger partial charge < -0.3 is 25.2 Å². The van der Waals surface area contributed by atoms with E-state index in [0.29, 0.717) is 19.6 Å². The molecule has 1 unspecified atom stereocenters. The molecule has 0 bridgehead atoms. The maximum atomic E-state index is 12.6. The Balaban J connectivity index is 1.84. The monoisotopic (exact) mass is 362 g/mol. The first-order valence-electron chi connectivity index (χ1n) is 9.01. The highest BCUT2D eigenvalue weighted by Gasteiger charge is 2.30. The molecule has 1 heterocycles. The molecule has 7 heteroatoms.